The molecule has 0 radical (unpaired) electrons. The molecule has 3 aromatic rings. The number of pyridine rings is 1. The Hall–Kier alpha value is -3.36. The maximum absolute atomic E-state index is 13.1. The minimum Gasteiger partial charge on any atom is -0.320 e. The van der Waals surface area contributed by atoms with E-state index in [-0.39, 0.29) is 24.3 Å². The Morgan fingerprint density at radius 2 is 1.86 bits per heavy atom. The van der Waals surface area contributed by atoms with Gasteiger partial charge in [-0.2, -0.15) is 13.2 Å². The lowest BCUT2D eigenvalue weighted by molar-refractivity contribution is -0.136. The van der Waals surface area contributed by atoms with Crippen molar-refractivity contribution in [3.8, 4) is 0 Å². The van der Waals surface area contributed by atoms with Crippen LogP contribution in [0.2, 0.25) is 0 Å². The number of urea groups is 1. The van der Waals surface area contributed by atoms with Gasteiger partial charge in [0.05, 0.1) is 29.1 Å². The molecule has 6 nitrogen and oxygen atoms in total. The summed E-state index contributed by atoms with van der Waals surface area (Å²) >= 11 is 0. The third-order valence-corrected chi connectivity index (χ3v) is 4.64. The minimum atomic E-state index is -4.58. The fraction of sp³-hybridized carbons (Fsp3) is 0.211. The van der Waals surface area contributed by atoms with E-state index in [4.69, 9.17) is 0 Å². The van der Waals surface area contributed by atoms with Crippen LogP contribution >= 0.6 is 0 Å². The van der Waals surface area contributed by atoms with Gasteiger partial charge in [0.25, 0.3) is 5.56 Å². The van der Waals surface area contributed by atoms with E-state index in [1.807, 2.05) is 0 Å². The van der Waals surface area contributed by atoms with Crippen molar-refractivity contribution in [1.29, 1.82) is 0 Å². The minimum absolute atomic E-state index is 0.0149. The van der Waals surface area contributed by atoms with Crippen molar-refractivity contribution < 1.29 is 18.0 Å². The summed E-state index contributed by atoms with van der Waals surface area (Å²) in [7, 11) is 0. The molecule has 1 aliphatic rings. The van der Waals surface area contributed by atoms with E-state index in [0.717, 1.165) is 6.07 Å². The molecule has 3 heterocycles. The first-order chi connectivity index (χ1) is 13.3. The number of carbonyl (C=O) groups excluding carboxylic acids is 1. The average Bonchev–Trinajstić information content (AvgIpc) is 2.67. The highest BCUT2D eigenvalue weighted by Crippen LogP contribution is 2.34. The van der Waals surface area contributed by atoms with Gasteiger partial charge in [0.15, 0.2) is 0 Å². The fourth-order valence-electron chi connectivity index (χ4n) is 3.25. The van der Waals surface area contributed by atoms with E-state index in [9.17, 15) is 22.8 Å². The van der Waals surface area contributed by atoms with Crippen LogP contribution in [0.3, 0.4) is 0 Å². The summed E-state index contributed by atoms with van der Waals surface area (Å²) in [6, 6.07) is 9.27. The number of alkyl halides is 3. The van der Waals surface area contributed by atoms with Crippen molar-refractivity contribution in [2.24, 2.45) is 0 Å². The number of carbonyl (C=O) groups is 1. The van der Waals surface area contributed by atoms with E-state index in [1.54, 1.807) is 24.4 Å². The molecule has 2 aromatic heterocycles. The molecule has 1 aliphatic heterocycles. The Morgan fingerprint density at radius 3 is 2.64 bits per heavy atom. The van der Waals surface area contributed by atoms with Gasteiger partial charge >= 0.3 is 12.2 Å². The van der Waals surface area contributed by atoms with Crippen molar-refractivity contribution in [3.63, 3.8) is 0 Å². The molecule has 4 rings (SSSR count). The Bertz CT molecular complexity index is 1120. The lowest BCUT2D eigenvalue weighted by Gasteiger charge is -2.28. The molecular weight excluding hydrogens is 373 g/mol. The number of hydrogen-bond donors (Lipinski definition) is 1. The summed E-state index contributed by atoms with van der Waals surface area (Å²) in [4.78, 5) is 31.0. The van der Waals surface area contributed by atoms with E-state index in [1.165, 1.54) is 27.5 Å². The smallest absolute Gasteiger partial charge is 0.320 e. The monoisotopic (exact) mass is 388 g/mol. The lowest BCUT2D eigenvalue weighted by Crippen LogP contribution is -2.42. The number of fused-ring (bicyclic) bond motifs is 2. The van der Waals surface area contributed by atoms with Crippen LogP contribution in [0.5, 0.6) is 0 Å². The number of nitrogens with one attached hydrogen (secondary N) is 1. The second kappa shape index (κ2) is 6.66. The quantitative estimate of drug-likeness (QED) is 0.696. The number of anilines is 1. The Kier molecular flexibility index (Phi) is 4.29. The predicted molar refractivity (Wildman–Crippen MR) is 96.0 cm³/mol. The van der Waals surface area contributed by atoms with Gasteiger partial charge in [-0.25, -0.2) is 9.78 Å². The molecule has 9 heteroatoms. The first kappa shape index (κ1) is 18.0. The third kappa shape index (κ3) is 3.19. The molecule has 28 heavy (non-hydrogen) atoms. The molecule has 0 spiro atoms. The number of benzene rings is 1. The van der Waals surface area contributed by atoms with E-state index >= 15 is 0 Å². The fourth-order valence-corrected chi connectivity index (χ4v) is 3.25. The van der Waals surface area contributed by atoms with Gasteiger partial charge in [-0.05, 0) is 24.3 Å². The van der Waals surface area contributed by atoms with Gasteiger partial charge in [-0.3, -0.25) is 9.20 Å². The molecule has 0 fully saturated rings. The normalized spacial score (nSPS) is 14.0. The second-order valence-electron chi connectivity index (χ2n) is 6.42. The SMILES string of the molecule is O=C(Nc1ccccc1C(F)(F)F)N1CCc2nc3ccccn3c(=O)c2C1. The second-order valence-corrected chi connectivity index (χ2v) is 6.42. The van der Waals surface area contributed by atoms with Gasteiger partial charge in [0.2, 0.25) is 0 Å². The highest BCUT2D eigenvalue weighted by molar-refractivity contribution is 5.90. The lowest BCUT2D eigenvalue weighted by atomic mass is 10.1. The first-order valence-electron chi connectivity index (χ1n) is 8.56. The standard InChI is InChI=1S/C19H15F3N4O2/c20-19(21,22)13-5-1-2-6-15(13)24-18(28)25-10-8-14-12(11-25)17(27)26-9-4-3-7-16(26)23-14/h1-7,9H,8,10-11H2,(H,24,28). The highest BCUT2D eigenvalue weighted by atomic mass is 19.4. The van der Waals surface area contributed by atoms with Crippen molar-refractivity contribution >= 4 is 17.4 Å². The number of rotatable bonds is 1. The van der Waals surface area contributed by atoms with E-state index in [0.29, 0.717) is 23.3 Å². The molecule has 2 amide bonds. The summed E-state index contributed by atoms with van der Waals surface area (Å²) < 4.78 is 40.8. The van der Waals surface area contributed by atoms with Crippen molar-refractivity contribution in [1.82, 2.24) is 14.3 Å². The molecule has 1 aromatic carbocycles. The topological polar surface area (TPSA) is 66.7 Å². The van der Waals surface area contributed by atoms with Gasteiger partial charge in [-0.1, -0.05) is 18.2 Å². The highest BCUT2D eigenvalue weighted by Gasteiger charge is 2.34. The van der Waals surface area contributed by atoms with Crippen LogP contribution in [-0.4, -0.2) is 26.9 Å². The zero-order chi connectivity index (χ0) is 19.9. The Balaban J connectivity index is 1.61. The predicted octanol–water partition coefficient (Wildman–Crippen LogP) is 3.30. The molecule has 1 N–H and O–H groups in total. The Labute approximate surface area is 157 Å². The van der Waals surface area contributed by atoms with Crippen LogP contribution in [0.1, 0.15) is 16.8 Å². The third-order valence-electron chi connectivity index (χ3n) is 4.64. The van der Waals surface area contributed by atoms with Gasteiger partial charge in [0.1, 0.15) is 5.65 Å². The van der Waals surface area contributed by atoms with E-state index < -0.39 is 17.8 Å². The van der Waals surface area contributed by atoms with Crippen LogP contribution in [-0.2, 0) is 19.1 Å². The molecule has 144 valence electrons. The van der Waals surface area contributed by atoms with Crippen LogP contribution in [0.4, 0.5) is 23.7 Å². The Morgan fingerprint density at radius 1 is 1.11 bits per heavy atom. The van der Waals surface area contributed by atoms with Crippen LogP contribution in [0.25, 0.3) is 5.65 Å². The van der Waals surface area contributed by atoms with Crippen LogP contribution < -0.4 is 10.9 Å². The summed E-state index contributed by atoms with van der Waals surface area (Å²) in [6.07, 6.45) is -2.64. The summed E-state index contributed by atoms with van der Waals surface area (Å²) in [5.74, 6) is 0. The summed E-state index contributed by atoms with van der Waals surface area (Å²) in [5.41, 5.74) is -0.0326. The van der Waals surface area contributed by atoms with E-state index in [2.05, 4.69) is 10.3 Å². The number of para-hydroxylation sites is 1. The van der Waals surface area contributed by atoms with Crippen molar-refractivity contribution in [2.75, 3.05) is 11.9 Å². The number of amides is 2. The molecule has 0 aliphatic carbocycles. The zero-order valence-corrected chi connectivity index (χ0v) is 14.5. The average molecular weight is 388 g/mol. The zero-order valence-electron chi connectivity index (χ0n) is 14.5. The van der Waals surface area contributed by atoms with Crippen LogP contribution in [0.15, 0.2) is 53.5 Å². The summed E-state index contributed by atoms with van der Waals surface area (Å²) in [5, 5.41) is 2.31. The van der Waals surface area contributed by atoms with Crippen molar-refractivity contribution in [3.05, 3.63) is 75.8 Å². The molecule has 0 saturated carbocycles. The number of nitrogens with zero attached hydrogens (tertiary/aromatic N) is 3. The number of hydrogen-bond acceptors (Lipinski definition) is 3. The molecule has 0 atom stereocenters. The van der Waals surface area contributed by atoms with Gasteiger partial charge in [0, 0.05) is 19.2 Å². The summed E-state index contributed by atoms with van der Waals surface area (Å²) in [6.45, 7) is 0.238. The van der Waals surface area contributed by atoms with Gasteiger partial charge < -0.3 is 10.2 Å². The molecule has 0 saturated heterocycles. The number of halogens is 3. The molecule has 0 bridgehead atoms. The maximum Gasteiger partial charge on any atom is 0.418 e. The number of aromatic nitrogens is 2. The van der Waals surface area contributed by atoms with Gasteiger partial charge in [-0.15, -0.1) is 0 Å². The molecular formula is C19H15F3N4O2. The first-order valence-corrected chi connectivity index (χ1v) is 8.56. The molecule has 0 unspecified atom stereocenters. The maximum atomic E-state index is 13.1. The van der Waals surface area contributed by atoms with Crippen LogP contribution in [0, 0.1) is 0 Å². The van der Waals surface area contributed by atoms with Crippen molar-refractivity contribution in [2.45, 2.75) is 19.1 Å². The largest absolute Gasteiger partial charge is 0.418 e.